The van der Waals surface area contributed by atoms with Crippen LogP contribution in [0.5, 0.6) is 5.75 Å². The average molecular weight is 359 g/mol. The first-order chi connectivity index (χ1) is 11.6. The smallest absolute Gasteiger partial charge is 0.271 e. The van der Waals surface area contributed by atoms with E-state index in [-0.39, 0.29) is 5.75 Å². The minimum absolute atomic E-state index is 0.0845. The number of fused-ring (bicyclic) bond motifs is 1. The Morgan fingerprint density at radius 3 is 2.62 bits per heavy atom. The number of nitrogens with zero attached hydrogens (tertiary/aromatic N) is 1. The molecular weight excluding hydrogens is 347 g/mol. The molecule has 120 valence electrons. The van der Waals surface area contributed by atoms with Crippen LogP contribution in [0.1, 0.15) is 15.9 Å². The Labute approximate surface area is 148 Å². The van der Waals surface area contributed by atoms with Crippen LogP contribution in [0.2, 0.25) is 10.0 Å². The molecular formula is C18H12Cl2N2O2. The Hall–Kier alpha value is -2.56. The van der Waals surface area contributed by atoms with E-state index in [1.165, 1.54) is 12.3 Å². The molecule has 0 bridgehead atoms. The van der Waals surface area contributed by atoms with Crippen molar-refractivity contribution in [3.8, 4) is 5.75 Å². The zero-order valence-electron chi connectivity index (χ0n) is 12.3. The first kappa shape index (κ1) is 16.3. The molecule has 3 aromatic rings. The van der Waals surface area contributed by atoms with Gasteiger partial charge in [0.25, 0.3) is 5.91 Å². The van der Waals surface area contributed by atoms with Gasteiger partial charge in [-0.25, -0.2) is 5.43 Å². The van der Waals surface area contributed by atoms with Crippen molar-refractivity contribution < 1.29 is 9.90 Å². The van der Waals surface area contributed by atoms with Crippen molar-refractivity contribution in [2.45, 2.75) is 0 Å². The molecule has 0 radical (unpaired) electrons. The third-order valence-corrected chi connectivity index (χ3v) is 4.23. The van der Waals surface area contributed by atoms with Gasteiger partial charge in [0.15, 0.2) is 0 Å². The molecule has 0 unspecified atom stereocenters. The molecule has 0 spiro atoms. The summed E-state index contributed by atoms with van der Waals surface area (Å²) < 4.78 is 0. The number of phenolic OH excluding ortho intramolecular Hbond substituents is 1. The number of halogens is 2. The monoisotopic (exact) mass is 358 g/mol. The SMILES string of the molecule is O=C(N/N=C/c1c(O)ccc2ccccc12)c1ccc(Cl)c(Cl)c1. The fraction of sp³-hybridized carbons (Fsp3) is 0. The predicted molar refractivity (Wildman–Crippen MR) is 97.1 cm³/mol. The van der Waals surface area contributed by atoms with Gasteiger partial charge in [-0.2, -0.15) is 5.10 Å². The maximum absolute atomic E-state index is 12.1. The number of hydrogen-bond acceptors (Lipinski definition) is 3. The highest BCUT2D eigenvalue weighted by Gasteiger charge is 2.08. The van der Waals surface area contributed by atoms with Gasteiger partial charge in [0.05, 0.1) is 16.3 Å². The Morgan fingerprint density at radius 1 is 1.04 bits per heavy atom. The summed E-state index contributed by atoms with van der Waals surface area (Å²) in [5, 5.41) is 16.4. The van der Waals surface area contributed by atoms with E-state index in [0.717, 1.165) is 10.8 Å². The first-order valence-electron chi connectivity index (χ1n) is 7.05. The molecule has 0 aliphatic carbocycles. The molecule has 1 amide bonds. The molecule has 4 nitrogen and oxygen atoms in total. The largest absolute Gasteiger partial charge is 0.507 e. The zero-order valence-corrected chi connectivity index (χ0v) is 13.8. The summed E-state index contributed by atoms with van der Waals surface area (Å²) in [5.74, 6) is -0.342. The number of nitrogens with one attached hydrogen (secondary N) is 1. The summed E-state index contributed by atoms with van der Waals surface area (Å²) in [4.78, 5) is 12.1. The van der Waals surface area contributed by atoms with Gasteiger partial charge in [0, 0.05) is 11.1 Å². The van der Waals surface area contributed by atoms with Crippen molar-refractivity contribution in [2.75, 3.05) is 0 Å². The second kappa shape index (κ2) is 6.91. The quantitative estimate of drug-likeness (QED) is 0.530. The number of amides is 1. The lowest BCUT2D eigenvalue weighted by Crippen LogP contribution is -2.17. The average Bonchev–Trinajstić information content (AvgIpc) is 2.59. The number of benzene rings is 3. The van der Waals surface area contributed by atoms with Gasteiger partial charge in [0.2, 0.25) is 0 Å². The van der Waals surface area contributed by atoms with Gasteiger partial charge in [-0.05, 0) is 35.0 Å². The Kier molecular flexibility index (Phi) is 4.69. The molecule has 0 fully saturated rings. The molecule has 0 saturated carbocycles. The maximum atomic E-state index is 12.1. The molecule has 2 N–H and O–H groups in total. The van der Waals surface area contributed by atoms with Crippen LogP contribution in [-0.2, 0) is 0 Å². The van der Waals surface area contributed by atoms with E-state index in [9.17, 15) is 9.90 Å². The van der Waals surface area contributed by atoms with Crippen LogP contribution in [0.15, 0.2) is 59.7 Å². The van der Waals surface area contributed by atoms with Crippen LogP contribution in [-0.4, -0.2) is 17.2 Å². The molecule has 24 heavy (non-hydrogen) atoms. The lowest BCUT2D eigenvalue weighted by atomic mass is 10.0. The van der Waals surface area contributed by atoms with E-state index in [1.54, 1.807) is 18.2 Å². The van der Waals surface area contributed by atoms with Crippen LogP contribution in [0, 0.1) is 0 Å². The van der Waals surface area contributed by atoms with Gasteiger partial charge >= 0.3 is 0 Å². The number of hydrazone groups is 1. The molecule has 6 heteroatoms. The third-order valence-electron chi connectivity index (χ3n) is 3.49. The topological polar surface area (TPSA) is 61.7 Å². The van der Waals surface area contributed by atoms with Crippen LogP contribution < -0.4 is 5.43 Å². The van der Waals surface area contributed by atoms with Crippen molar-refractivity contribution in [3.63, 3.8) is 0 Å². The van der Waals surface area contributed by atoms with Crippen LogP contribution >= 0.6 is 23.2 Å². The van der Waals surface area contributed by atoms with Crippen LogP contribution in [0.25, 0.3) is 10.8 Å². The second-order valence-electron chi connectivity index (χ2n) is 5.05. The standard InChI is InChI=1S/C18H12Cl2N2O2/c19-15-7-5-12(9-16(15)20)18(24)22-21-10-14-13-4-2-1-3-11(13)6-8-17(14)23/h1-10,23H,(H,22,24)/b21-10+. The fourth-order valence-corrected chi connectivity index (χ4v) is 2.58. The van der Waals surface area contributed by atoms with Gasteiger partial charge in [-0.1, -0.05) is 53.5 Å². The van der Waals surface area contributed by atoms with Crippen molar-refractivity contribution in [1.82, 2.24) is 5.43 Å². The number of carbonyl (C=O) groups is 1. The summed E-state index contributed by atoms with van der Waals surface area (Å²) in [5.41, 5.74) is 3.27. The fourth-order valence-electron chi connectivity index (χ4n) is 2.28. The lowest BCUT2D eigenvalue weighted by Gasteiger charge is -2.05. The summed E-state index contributed by atoms with van der Waals surface area (Å²) in [6, 6.07) is 15.5. The normalized spacial score (nSPS) is 11.1. The van der Waals surface area contributed by atoms with E-state index >= 15 is 0 Å². The van der Waals surface area contributed by atoms with E-state index < -0.39 is 5.91 Å². The molecule has 0 atom stereocenters. The van der Waals surface area contributed by atoms with Crippen molar-refractivity contribution in [2.24, 2.45) is 5.10 Å². The summed E-state index contributed by atoms with van der Waals surface area (Å²) >= 11 is 11.7. The number of aromatic hydroxyl groups is 1. The molecule has 0 saturated heterocycles. The zero-order chi connectivity index (χ0) is 17.1. The highest BCUT2D eigenvalue weighted by molar-refractivity contribution is 6.42. The van der Waals surface area contributed by atoms with Crippen LogP contribution in [0.4, 0.5) is 0 Å². The van der Waals surface area contributed by atoms with E-state index in [0.29, 0.717) is 21.2 Å². The minimum atomic E-state index is -0.426. The van der Waals surface area contributed by atoms with E-state index in [4.69, 9.17) is 23.2 Å². The van der Waals surface area contributed by atoms with Crippen molar-refractivity contribution >= 4 is 46.1 Å². The lowest BCUT2D eigenvalue weighted by molar-refractivity contribution is 0.0955. The van der Waals surface area contributed by atoms with Crippen molar-refractivity contribution in [1.29, 1.82) is 0 Å². The maximum Gasteiger partial charge on any atom is 0.271 e. The predicted octanol–water partition coefficient (Wildman–Crippen LogP) is 4.62. The van der Waals surface area contributed by atoms with Gasteiger partial charge < -0.3 is 5.11 Å². The molecule has 3 aromatic carbocycles. The molecule has 3 rings (SSSR count). The van der Waals surface area contributed by atoms with Gasteiger partial charge in [-0.15, -0.1) is 0 Å². The molecule has 0 heterocycles. The third kappa shape index (κ3) is 3.35. The van der Waals surface area contributed by atoms with Crippen LogP contribution in [0.3, 0.4) is 0 Å². The highest BCUT2D eigenvalue weighted by Crippen LogP contribution is 2.25. The van der Waals surface area contributed by atoms with Gasteiger partial charge in [0.1, 0.15) is 5.75 Å². The Morgan fingerprint density at radius 2 is 1.83 bits per heavy atom. The number of hydrogen-bond donors (Lipinski definition) is 2. The van der Waals surface area contributed by atoms with E-state index in [1.807, 2.05) is 30.3 Å². The first-order valence-corrected chi connectivity index (χ1v) is 7.81. The summed E-state index contributed by atoms with van der Waals surface area (Å²) in [7, 11) is 0. The summed E-state index contributed by atoms with van der Waals surface area (Å²) in [6.07, 6.45) is 1.41. The van der Waals surface area contributed by atoms with E-state index in [2.05, 4.69) is 10.5 Å². The molecule has 0 aromatic heterocycles. The molecule has 0 aliphatic rings. The number of carbonyl (C=O) groups excluding carboxylic acids is 1. The second-order valence-corrected chi connectivity index (χ2v) is 5.86. The summed E-state index contributed by atoms with van der Waals surface area (Å²) in [6.45, 7) is 0. The number of phenols is 1. The Balaban J connectivity index is 1.83. The minimum Gasteiger partial charge on any atom is -0.507 e. The molecule has 0 aliphatic heterocycles. The van der Waals surface area contributed by atoms with Gasteiger partial charge in [-0.3, -0.25) is 4.79 Å². The number of rotatable bonds is 3. The van der Waals surface area contributed by atoms with Crippen molar-refractivity contribution in [3.05, 3.63) is 75.8 Å². The Bertz CT molecular complexity index is 955. The highest BCUT2D eigenvalue weighted by atomic mass is 35.5.